The smallest absolute Gasteiger partial charge is 0.0611 e. The van der Waals surface area contributed by atoms with Crippen molar-refractivity contribution in [1.82, 2.24) is 0 Å². The molecule has 0 aliphatic carbocycles. The molecule has 1 heterocycles. The molecule has 0 bridgehead atoms. The van der Waals surface area contributed by atoms with Crippen molar-refractivity contribution in [3.63, 3.8) is 0 Å². The monoisotopic (exact) mass is 333 g/mol. The van der Waals surface area contributed by atoms with Crippen molar-refractivity contribution in [3.8, 4) is 0 Å². The van der Waals surface area contributed by atoms with Crippen molar-refractivity contribution in [2.75, 3.05) is 4.90 Å². The van der Waals surface area contributed by atoms with Crippen LogP contribution in [0.3, 0.4) is 0 Å². The summed E-state index contributed by atoms with van der Waals surface area (Å²) in [6, 6.07) is 23.8. The van der Waals surface area contributed by atoms with Crippen molar-refractivity contribution < 1.29 is 0 Å². The lowest BCUT2D eigenvalue weighted by Gasteiger charge is -2.37. The van der Waals surface area contributed by atoms with Crippen molar-refractivity contribution in [2.45, 2.75) is 44.6 Å². The molecule has 0 spiro atoms. The standard InChI is InChI=1S/C20H17NS.C2H6/c1-14-9-10-16-12-11-15-5-2-3-8-19(15)20(16)21(14)17-6-4-7-18(22)13-17;1-2/h2,4-7,11-14,22H,9-10H2,1H3;1-2H3. The molecule has 1 atom stereocenters. The molecule has 1 nitrogen and oxygen atoms in total. The van der Waals surface area contributed by atoms with Gasteiger partial charge in [-0.05, 0) is 61.0 Å². The maximum atomic E-state index is 4.51. The fourth-order valence-corrected chi connectivity index (χ4v) is 3.60. The predicted octanol–water partition coefficient (Wildman–Crippen LogP) is 6.23. The third-order valence-electron chi connectivity index (χ3n) is 4.46. The number of benzene rings is 2. The summed E-state index contributed by atoms with van der Waals surface area (Å²) in [4.78, 5) is 3.43. The third kappa shape index (κ3) is 2.97. The Morgan fingerprint density at radius 3 is 2.75 bits per heavy atom. The molecule has 0 amide bonds. The van der Waals surface area contributed by atoms with Crippen LogP contribution in [0.2, 0.25) is 0 Å². The summed E-state index contributed by atoms with van der Waals surface area (Å²) < 4.78 is 0. The second kappa shape index (κ2) is 7.20. The van der Waals surface area contributed by atoms with Crippen LogP contribution in [0.15, 0.2) is 53.4 Å². The Labute approximate surface area is 150 Å². The van der Waals surface area contributed by atoms with E-state index in [9.17, 15) is 0 Å². The molecule has 3 aromatic carbocycles. The Morgan fingerprint density at radius 2 is 1.96 bits per heavy atom. The van der Waals surface area contributed by atoms with Crippen LogP contribution >= 0.6 is 12.6 Å². The van der Waals surface area contributed by atoms with E-state index in [4.69, 9.17) is 0 Å². The summed E-state index contributed by atoms with van der Waals surface area (Å²) in [5.41, 5.74) is 3.88. The van der Waals surface area contributed by atoms with E-state index in [1.165, 1.54) is 22.3 Å². The van der Waals surface area contributed by atoms with Crippen molar-refractivity contribution in [1.29, 1.82) is 0 Å². The van der Waals surface area contributed by atoms with Gasteiger partial charge in [-0.25, -0.2) is 0 Å². The summed E-state index contributed by atoms with van der Waals surface area (Å²) in [5, 5.41) is 2.38. The Balaban J connectivity index is 0.000000815. The Bertz CT molecular complexity index is 840. The van der Waals surface area contributed by atoms with Crippen LogP contribution in [-0.2, 0) is 6.42 Å². The lowest BCUT2D eigenvalue weighted by molar-refractivity contribution is 0.620. The first kappa shape index (κ1) is 16.7. The summed E-state index contributed by atoms with van der Waals surface area (Å²) in [7, 11) is 0. The lowest BCUT2D eigenvalue weighted by atomic mass is 9.92. The zero-order valence-corrected chi connectivity index (χ0v) is 15.4. The third-order valence-corrected chi connectivity index (χ3v) is 4.74. The van der Waals surface area contributed by atoms with Gasteiger partial charge in [0.15, 0.2) is 0 Å². The van der Waals surface area contributed by atoms with E-state index in [1.807, 2.05) is 26.0 Å². The molecule has 0 saturated carbocycles. The molecular formula is C22H23NS. The van der Waals surface area contributed by atoms with Gasteiger partial charge in [0.2, 0.25) is 0 Å². The largest absolute Gasteiger partial charge is 0.337 e. The van der Waals surface area contributed by atoms with Crippen molar-refractivity contribution >= 4 is 34.8 Å². The van der Waals surface area contributed by atoms with Crippen LogP contribution in [-0.4, -0.2) is 6.04 Å². The van der Waals surface area contributed by atoms with E-state index in [-0.39, 0.29) is 0 Å². The van der Waals surface area contributed by atoms with Gasteiger partial charge in [-0.15, -0.1) is 12.6 Å². The maximum Gasteiger partial charge on any atom is 0.0611 e. The molecule has 4 rings (SSSR count). The minimum absolute atomic E-state index is 0.460. The predicted molar refractivity (Wildman–Crippen MR) is 107 cm³/mol. The van der Waals surface area contributed by atoms with Crippen LogP contribution in [0.25, 0.3) is 10.8 Å². The molecule has 2 heteroatoms. The molecule has 0 N–H and O–H groups in total. The average Bonchev–Trinajstić information content (AvgIpc) is 2.63. The van der Waals surface area contributed by atoms with Gasteiger partial charge >= 0.3 is 0 Å². The minimum atomic E-state index is 0.460. The molecule has 1 aliphatic heterocycles. The fourth-order valence-electron chi connectivity index (χ4n) is 3.38. The molecular weight excluding hydrogens is 310 g/mol. The molecule has 0 saturated heterocycles. The van der Waals surface area contributed by atoms with E-state index in [0.717, 1.165) is 23.1 Å². The molecule has 1 unspecified atom stereocenters. The summed E-state index contributed by atoms with van der Waals surface area (Å²) in [5.74, 6) is 0. The quantitative estimate of drug-likeness (QED) is 0.517. The summed E-state index contributed by atoms with van der Waals surface area (Å²) in [6.07, 6.45) is 2.28. The summed E-state index contributed by atoms with van der Waals surface area (Å²) in [6.45, 7) is 6.29. The second-order valence-corrected chi connectivity index (χ2v) is 6.43. The van der Waals surface area contributed by atoms with Crippen LogP contribution in [0.5, 0.6) is 0 Å². The second-order valence-electron chi connectivity index (χ2n) is 5.92. The first-order valence-corrected chi connectivity index (χ1v) is 9.11. The first-order chi connectivity index (χ1) is 11.7. The van der Waals surface area contributed by atoms with Crippen LogP contribution in [0.4, 0.5) is 11.4 Å². The molecule has 3 aromatic rings. The maximum absolute atomic E-state index is 4.51. The van der Waals surface area contributed by atoms with E-state index >= 15 is 0 Å². The highest BCUT2D eigenvalue weighted by Gasteiger charge is 2.26. The van der Waals surface area contributed by atoms with Gasteiger partial charge in [0.1, 0.15) is 0 Å². The molecule has 24 heavy (non-hydrogen) atoms. The van der Waals surface area contributed by atoms with Gasteiger partial charge in [0.05, 0.1) is 11.1 Å². The Kier molecular flexibility index (Phi) is 5.02. The molecule has 122 valence electrons. The van der Waals surface area contributed by atoms with Crippen LogP contribution in [0, 0.1) is 12.1 Å². The number of anilines is 2. The number of fused-ring (bicyclic) bond motifs is 3. The molecule has 0 radical (unpaired) electrons. The zero-order valence-electron chi connectivity index (χ0n) is 14.5. The topological polar surface area (TPSA) is 3.24 Å². The molecule has 1 aliphatic rings. The Hall–Kier alpha value is -2.11. The first-order valence-electron chi connectivity index (χ1n) is 8.66. The van der Waals surface area contributed by atoms with Crippen molar-refractivity contribution in [3.05, 3.63) is 66.2 Å². The van der Waals surface area contributed by atoms with E-state index < -0.39 is 0 Å². The lowest BCUT2D eigenvalue weighted by Crippen LogP contribution is -2.33. The Morgan fingerprint density at radius 1 is 1.12 bits per heavy atom. The van der Waals surface area contributed by atoms with Crippen molar-refractivity contribution in [2.24, 2.45) is 0 Å². The van der Waals surface area contributed by atoms with E-state index in [2.05, 4.69) is 73.0 Å². The highest BCUT2D eigenvalue weighted by Crippen LogP contribution is 2.41. The number of hydrogen-bond acceptors (Lipinski definition) is 2. The van der Waals surface area contributed by atoms with Gasteiger partial charge < -0.3 is 4.90 Å². The van der Waals surface area contributed by atoms with Gasteiger partial charge in [-0.2, -0.15) is 0 Å². The van der Waals surface area contributed by atoms with Gasteiger partial charge in [0, 0.05) is 16.6 Å². The molecule has 0 aromatic heterocycles. The SMILES string of the molecule is CC.CC1CCc2ccc3ccc#cc3c2N1c1cccc(S)c1. The zero-order chi connectivity index (χ0) is 17.1. The number of rotatable bonds is 1. The number of nitrogens with zero attached hydrogens (tertiary/aromatic N) is 1. The van der Waals surface area contributed by atoms with E-state index in [1.54, 1.807) is 0 Å². The summed E-state index contributed by atoms with van der Waals surface area (Å²) >= 11 is 4.51. The van der Waals surface area contributed by atoms with Gasteiger partial charge in [0.25, 0.3) is 0 Å². The fraction of sp³-hybridized carbons (Fsp3) is 0.273. The average molecular weight is 334 g/mol. The number of thiol groups is 1. The highest BCUT2D eigenvalue weighted by atomic mass is 32.1. The number of aryl methyl sites for hydroxylation is 1. The van der Waals surface area contributed by atoms with Gasteiger partial charge in [-0.3, -0.25) is 0 Å². The minimum Gasteiger partial charge on any atom is -0.337 e. The normalized spacial score (nSPS) is 16.0. The van der Waals surface area contributed by atoms with E-state index in [0.29, 0.717) is 6.04 Å². The highest BCUT2D eigenvalue weighted by molar-refractivity contribution is 7.80. The van der Waals surface area contributed by atoms with Crippen LogP contribution in [0.1, 0.15) is 32.8 Å². The number of hydrogen-bond donors (Lipinski definition) is 1. The van der Waals surface area contributed by atoms with Gasteiger partial charge in [-0.1, -0.05) is 44.2 Å². The molecule has 0 fully saturated rings. The van der Waals surface area contributed by atoms with Crippen LogP contribution < -0.4 is 4.90 Å².